The van der Waals surface area contributed by atoms with Gasteiger partial charge in [0.15, 0.2) is 11.5 Å². The molecule has 2 aliphatic heterocycles. The van der Waals surface area contributed by atoms with Crippen LogP contribution in [0.3, 0.4) is 0 Å². The number of anilines is 1. The first-order valence-electron chi connectivity index (χ1n) is 9.81. The highest BCUT2D eigenvalue weighted by atomic mass is 35.5. The highest BCUT2D eigenvalue weighted by Gasteiger charge is 2.54. The second kappa shape index (κ2) is 6.95. The van der Waals surface area contributed by atoms with E-state index in [1.54, 1.807) is 30.6 Å². The van der Waals surface area contributed by atoms with Crippen molar-refractivity contribution in [3.05, 3.63) is 65.8 Å². The van der Waals surface area contributed by atoms with Crippen molar-refractivity contribution in [1.29, 1.82) is 0 Å². The number of ketones is 1. The number of Topliss-reactive ketones (excluding diaryl/α,β-unsaturated/α-hetero) is 1. The van der Waals surface area contributed by atoms with E-state index in [1.165, 1.54) is 4.90 Å². The number of aromatic nitrogens is 2. The molecule has 5 unspecified atom stereocenters. The summed E-state index contributed by atoms with van der Waals surface area (Å²) in [6, 6.07) is 10.1. The predicted molar refractivity (Wildman–Crippen MR) is 107 cm³/mol. The lowest BCUT2D eigenvalue weighted by Crippen LogP contribution is -2.44. The van der Waals surface area contributed by atoms with Crippen LogP contribution in [0.15, 0.2) is 60.1 Å². The van der Waals surface area contributed by atoms with Crippen molar-refractivity contribution in [2.75, 3.05) is 4.90 Å². The van der Waals surface area contributed by atoms with Gasteiger partial charge < -0.3 is 4.74 Å². The first kappa shape index (κ1) is 18.3. The third-order valence-electron chi connectivity index (χ3n) is 6.07. The molecule has 2 aromatic heterocycles. The number of carbonyl (C=O) groups excluding carboxylic acids is 2. The van der Waals surface area contributed by atoms with Gasteiger partial charge in [-0.1, -0.05) is 19.1 Å². The average molecular weight is 410 g/mol. The lowest BCUT2D eigenvalue weighted by atomic mass is 9.74. The fourth-order valence-corrected chi connectivity index (χ4v) is 4.86. The molecule has 0 bridgehead atoms. The van der Waals surface area contributed by atoms with Crippen LogP contribution in [0.1, 0.15) is 31.5 Å². The lowest BCUT2D eigenvalue weighted by molar-refractivity contribution is -0.132. The van der Waals surface area contributed by atoms with Gasteiger partial charge >= 0.3 is 0 Å². The molecular formula is C22H20ClN3O3. The van der Waals surface area contributed by atoms with Crippen LogP contribution in [0.2, 0.25) is 0 Å². The normalized spacial score (nSPS) is 31.4. The van der Waals surface area contributed by atoms with E-state index in [-0.39, 0.29) is 40.8 Å². The molecule has 1 amide bonds. The molecule has 3 aliphatic rings. The number of halogens is 1. The van der Waals surface area contributed by atoms with Gasteiger partial charge in [0.1, 0.15) is 18.0 Å². The Balaban J connectivity index is 1.63. The van der Waals surface area contributed by atoms with Crippen molar-refractivity contribution >= 4 is 29.1 Å². The average Bonchev–Trinajstić information content (AvgIpc) is 3.04. The van der Waals surface area contributed by atoms with Gasteiger partial charge in [-0.25, -0.2) is 4.98 Å². The number of amides is 1. The monoisotopic (exact) mass is 409 g/mol. The molecule has 5 rings (SSSR count). The summed E-state index contributed by atoms with van der Waals surface area (Å²) in [5.41, 5.74) is 0.984. The van der Waals surface area contributed by atoms with E-state index < -0.39 is 6.04 Å². The fourth-order valence-electron chi connectivity index (χ4n) is 4.57. The van der Waals surface area contributed by atoms with Gasteiger partial charge in [-0.05, 0) is 43.0 Å². The molecule has 0 spiro atoms. The van der Waals surface area contributed by atoms with Crippen molar-refractivity contribution < 1.29 is 14.3 Å². The Morgan fingerprint density at radius 2 is 1.83 bits per heavy atom. The fraction of sp³-hybridized carbons (Fsp3) is 0.364. The minimum Gasteiger partial charge on any atom is -0.483 e. The molecule has 7 heteroatoms. The molecule has 1 aliphatic carbocycles. The summed E-state index contributed by atoms with van der Waals surface area (Å²) in [6.45, 7) is 2.05. The number of fused-ring (bicyclic) bond motifs is 1. The number of hydrogen-bond acceptors (Lipinski definition) is 5. The van der Waals surface area contributed by atoms with Crippen LogP contribution >= 0.6 is 11.6 Å². The van der Waals surface area contributed by atoms with E-state index in [9.17, 15) is 9.59 Å². The molecule has 6 nitrogen and oxygen atoms in total. The molecule has 2 aromatic rings. The maximum absolute atomic E-state index is 13.6. The molecule has 1 saturated carbocycles. The lowest BCUT2D eigenvalue weighted by Gasteiger charge is -2.39. The van der Waals surface area contributed by atoms with Crippen molar-refractivity contribution in [3.63, 3.8) is 0 Å². The molecule has 29 heavy (non-hydrogen) atoms. The van der Waals surface area contributed by atoms with Crippen molar-refractivity contribution in [2.45, 2.75) is 37.3 Å². The molecular weight excluding hydrogens is 390 g/mol. The van der Waals surface area contributed by atoms with Gasteiger partial charge in [0.05, 0.1) is 17.2 Å². The minimum atomic E-state index is -0.657. The Kier molecular flexibility index (Phi) is 4.39. The van der Waals surface area contributed by atoms with Crippen LogP contribution in [0.4, 0.5) is 5.82 Å². The topological polar surface area (TPSA) is 72.4 Å². The van der Waals surface area contributed by atoms with Crippen LogP contribution in [-0.4, -0.2) is 33.1 Å². The zero-order chi connectivity index (χ0) is 20.1. The molecule has 0 aromatic carbocycles. The number of rotatable bonds is 2. The Bertz CT molecular complexity index is 995. The standard InChI is InChI=1S/C22H20ClN3O3/c1-12-10-16-13(11-14(12)23)20(27)18-19(15-6-2-4-8-24-15)26(22(28)21(18)29-16)17-7-3-5-9-25-17/h2-9,12-14,16,19H,10-11H2,1H3. The Labute approximate surface area is 173 Å². The second-order valence-electron chi connectivity index (χ2n) is 7.85. The summed E-state index contributed by atoms with van der Waals surface area (Å²) in [5, 5.41) is -0.0803. The summed E-state index contributed by atoms with van der Waals surface area (Å²) >= 11 is 6.48. The number of ether oxygens (including phenoxy) is 1. The summed E-state index contributed by atoms with van der Waals surface area (Å²) in [4.78, 5) is 37.3. The first-order chi connectivity index (χ1) is 14.1. The highest BCUT2D eigenvalue weighted by molar-refractivity contribution is 6.21. The molecule has 0 saturated heterocycles. The van der Waals surface area contributed by atoms with Crippen LogP contribution in [-0.2, 0) is 14.3 Å². The smallest absolute Gasteiger partial charge is 0.295 e. The third-order valence-corrected chi connectivity index (χ3v) is 6.68. The zero-order valence-corrected chi connectivity index (χ0v) is 16.6. The maximum Gasteiger partial charge on any atom is 0.295 e. The quantitative estimate of drug-likeness (QED) is 0.710. The van der Waals surface area contributed by atoms with Gasteiger partial charge in [-0.3, -0.25) is 19.5 Å². The van der Waals surface area contributed by atoms with E-state index in [0.29, 0.717) is 29.9 Å². The van der Waals surface area contributed by atoms with Crippen molar-refractivity contribution in [1.82, 2.24) is 9.97 Å². The molecule has 148 valence electrons. The van der Waals surface area contributed by atoms with Gasteiger partial charge in [0, 0.05) is 17.8 Å². The summed E-state index contributed by atoms with van der Waals surface area (Å²) in [5.74, 6) is 0.0827. The van der Waals surface area contributed by atoms with Crippen LogP contribution in [0, 0.1) is 11.8 Å². The summed E-state index contributed by atoms with van der Waals surface area (Å²) in [6.07, 6.45) is 4.17. The molecule has 4 heterocycles. The number of pyridine rings is 2. The van der Waals surface area contributed by atoms with E-state index in [1.807, 2.05) is 18.2 Å². The molecule has 5 atom stereocenters. The summed E-state index contributed by atoms with van der Waals surface area (Å²) in [7, 11) is 0. The van der Waals surface area contributed by atoms with Gasteiger partial charge in [-0.15, -0.1) is 11.6 Å². The SMILES string of the molecule is CC1CC2OC3=C(C(=O)C2CC1Cl)C(c1ccccn1)N(c1ccccn1)C3=O. The van der Waals surface area contributed by atoms with Crippen molar-refractivity contribution in [3.8, 4) is 0 Å². The Morgan fingerprint density at radius 3 is 2.52 bits per heavy atom. The highest BCUT2D eigenvalue weighted by Crippen LogP contribution is 2.48. The van der Waals surface area contributed by atoms with Gasteiger partial charge in [0.25, 0.3) is 5.91 Å². The first-order valence-corrected chi connectivity index (χ1v) is 10.2. The summed E-state index contributed by atoms with van der Waals surface area (Å²) < 4.78 is 6.17. The zero-order valence-electron chi connectivity index (χ0n) is 15.9. The Hall–Kier alpha value is -2.73. The maximum atomic E-state index is 13.6. The molecule has 0 N–H and O–H groups in total. The van der Waals surface area contributed by atoms with Crippen molar-refractivity contribution in [2.24, 2.45) is 11.8 Å². The second-order valence-corrected chi connectivity index (χ2v) is 8.42. The largest absolute Gasteiger partial charge is 0.483 e. The van der Waals surface area contributed by atoms with E-state index in [0.717, 1.165) is 0 Å². The van der Waals surface area contributed by atoms with Crippen LogP contribution < -0.4 is 4.90 Å². The number of nitrogens with zero attached hydrogens (tertiary/aromatic N) is 3. The number of carbonyl (C=O) groups is 2. The number of hydrogen-bond donors (Lipinski definition) is 0. The predicted octanol–water partition coefficient (Wildman–Crippen LogP) is 3.44. The molecule has 1 fully saturated rings. The van der Waals surface area contributed by atoms with Gasteiger partial charge in [-0.2, -0.15) is 0 Å². The van der Waals surface area contributed by atoms with Crippen LogP contribution in [0.25, 0.3) is 0 Å². The van der Waals surface area contributed by atoms with E-state index >= 15 is 0 Å². The van der Waals surface area contributed by atoms with E-state index in [2.05, 4.69) is 16.9 Å². The van der Waals surface area contributed by atoms with Crippen LogP contribution in [0.5, 0.6) is 0 Å². The Morgan fingerprint density at radius 1 is 1.07 bits per heavy atom. The van der Waals surface area contributed by atoms with E-state index in [4.69, 9.17) is 16.3 Å². The number of alkyl halides is 1. The molecule has 0 radical (unpaired) electrons. The third kappa shape index (κ3) is 2.85. The van der Waals surface area contributed by atoms with Gasteiger partial charge in [0.2, 0.25) is 0 Å². The minimum absolute atomic E-state index is 0.0590.